The quantitative estimate of drug-likeness (QED) is 0.919. The molecule has 0 radical (unpaired) electrons. The maximum atomic E-state index is 4.35. The Balaban J connectivity index is 2.44. The summed E-state index contributed by atoms with van der Waals surface area (Å²) in [5, 5.41) is 7.80. The lowest BCUT2D eigenvalue weighted by Crippen LogP contribution is -2.25. The molecule has 0 aromatic carbocycles. The first-order valence-electron chi connectivity index (χ1n) is 5.97. The van der Waals surface area contributed by atoms with E-state index in [2.05, 4.69) is 50.2 Å². The highest BCUT2D eigenvalue weighted by Gasteiger charge is 2.21. The molecule has 6 heteroatoms. The molecule has 2 aromatic heterocycles. The van der Waals surface area contributed by atoms with Crippen molar-refractivity contribution in [2.45, 2.75) is 26.4 Å². The van der Waals surface area contributed by atoms with E-state index in [1.807, 2.05) is 23.3 Å². The van der Waals surface area contributed by atoms with Crippen LogP contribution in [0.2, 0.25) is 0 Å². The first kappa shape index (κ1) is 13.2. The number of aryl methyl sites for hydroxylation is 1. The van der Waals surface area contributed by atoms with Crippen molar-refractivity contribution in [1.82, 2.24) is 25.1 Å². The predicted octanol–water partition coefficient (Wildman–Crippen LogP) is 2.15. The highest BCUT2D eigenvalue weighted by Crippen LogP contribution is 2.27. The molecule has 0 fully saturated rings. The molecule has 0 saturated heterocycles. The zero-order valence-electron chi connectivity index (χ0n) is 10.5. The highest BCUT2D eigenvalue weighted by molar-refractivity contribution is 9.10. The molecule has 2 aromatic rings. The molecular formula is C12H16BrN5. The van der Waals surface area contributed by atoms with Gasteiger partial charge in [0.15, 0.2) is 0 Å². The van der Waals surface area contributed by atoms with Crippen LogP contribution < -0.4 is 5.32 Å². The van der Waals surface area contributed by atoms with E-state index >= 15 is 0 Å². The number of aromatic nitrogens is 4. The molecule has 0 spiro atoms. The van der Waals surface area contributed by atoms with Gasteiger partial charge in [0.05, 0.1) is 22.4 Å². The normalized spacial score (nSPS) is 12.6. The molecule has 2 heterocycles. The minimum Gasteiger partial charge on any atom is -0.305 e. The van der Waals surface area contributed by atoms with E-state index < -0.39 is 0 Å². The largest absolute Gasteiger partial charge is 0.305 e. The van der Waals surface area contributed by atoms with Crippen molar-refractivity contribution in [3.05, 3.63) is 40.6 Å². The lowest BCUT2D eigenvalue weighted by molar-refractivity contribution is 0.538. The minimum atomic E-state index is 0.0491. The van der Waals surface area contributed by atoms with Crippen LogP contribution in [0.25, 0.3) is 0 Å². The zero-order chi connectivity index (χ0) is 13.0. The second-order valence-electron chi connectivity index (χ2n) is 3.86. The van der Waals surface area contributed by atoms with Crippen LogP contribution in [0.15, 0.2) is 29.4 Å². The summed E-state index contributed by atoms with van der Waals surface area (Å²) in [7, 11) is 0. The fourth-order valence-electron chi connectivity index (χ4n) is 1.95. The average molecular weight is 310 g/mol. The van der Waals surface area contributed by atoms with Crippen LogP contribution in [0.4, 0.5) is 0 Å². The van der Waals surface area contributed by atoms with Gasteiger partial charge in [-0.15, -0.1) is 0 Å². The molecule has 1 atom stereocenters. The molecule has 1 N–H and O–H groups in total. The maximum absolute atomic E-state index is 4.35. The molecule has 0 saturated carbocycles. The van der Waals surface area contributed by atoms with E-state index in [0.29, 0.717) is 0 Å². The zero-order valence-corrected chi connectivity index (χ0v) is 12.1. The number of hydrogen-bond acceptors (Lipinski definition) is 4. The summed E-state index contributed by atoms with van der Waals surface area (Å²) in [6, 6.07) is 0.0491. The van der Waals surface area contributed by atoms with Crippen LogP contribution >= 0.6 is 15.9 Å². The first-order valence-corrected chi connectivity index (χ1v) is 6.76. The van der Waals surface area contributed by atoms with Crippen LogP contribution in [-0.4, -0.2) is 26.3 Å². The van der Waals surface area contributed by atoms with Crippen LogP contribution in [0.1, 0.15) is 31.1 Å². The first-order chi connectivity index (χ1) is 8.77. The third-order valence-corrected chi connectivity index (χ3v) is 3.34. The number of halogens is 1. The number of nitrogens with zero attached hydrogens (tertiary/aromatic N) is 4. The molecule has 18 heavy (non-hydrogen) atoms. The fraction of sp³-hybridized carbons (Fsp3) is 0.417. The van der Waals surface area contributed by atoms with Crippen molar-refractivity contribution >= 4 is 15.9 Å². The van der Waals surface area contributed by atoms with Crippen molar-refractivity contribution in [1.29, 1.82) is 0 Å². The van der Waals surface area contributed by atoms with Crippen molar-refractivity contribution in [2.24, 2.45) is 0 Å². The lowest BCUT2D eigenvalue weighted by Gasteiger charge is -2.19. The smallest absolute Gasteiger partial charge is 0.115 e. The van der Waals surface area contributed by atoms with E-state index in [-0.39, 0.29) is 6.04 Å². The third kappa shape index (κ3) is 2.59. The summed E-state index contributed by atoms with van der Waals surface area (Å²) < 4.78 is 2.98. The molecule has 0 aliphatic rings. The van der Waals surface area contributed by atoms with Crippen LogP contribution in [0.5, 0.6) is 0 Å². The standard InChI is InChI=1S/C12H16BrN5/c1-3-16-11(9-5-14-8-15-6-9)12-10(13)7-17-18(12)4-2/h5-8,11,16H,3-4H2,1-2H3. The Morgan fingerprint density at radius 2 is 2.00 bits per heavy atom. The molecular weight excluding hydrogens is 294 g/mol. The third-order valence-electron chi connectivity index (χ3n) is 2.73. The summed E-state index contributed by atoms with van der Waals surface area (Å²) in [6.45, 7) is 5.85. The van der Waals surface area contributed by atoms with Crippen molar-refractivity contribution in [2.75, 3.05) is 6.54 Å². The van der Waals surface area contributed by atoms with Gasteiger partial charge in [-0.05, 0) is 29.4 Å². The Hall–Kier alpha value is -1.27. The fourth-order valence-corrected chi connectivity index (χ4v) is 2.47. The van der Waals surface area contributed by atoms with E-state index in [4.69, 9.17) is 0 Å². The summed E-state index contributed by atoms with van der Waals surface area (Å²) in [5.41, 5.74) is 2.14. The number of rotatable bonds is 5. The molecule has 1 unspecified atom stereocenters. The van der Waals surface area contributed by atoms with Crippen LogP contribution in [-0.2, 0) is 6.54 Å². The van der Waals surface area contributed by atoms with E-state index in [0.717, 1.165) is 28.8 Å². The van der Waals surface area contributed by atoms with Gasteiger partial charge in [0.2, 0.25) is 0 Å². The van der Waals surface area contributed by atoms with Crippen molar-refractivity contribution < 1.29 is 0 Å². The molecule has 0 bridgehead atoms. The van der Waals surface area contributed by atoms with E-state index in [1.165, 1.54) is 0 Å². The molecule has 0 amide bonds. The van der Waals surface area contributed by atoms with Crippen LogP contribution in [0.3, 0.4) is 0 Å². The van der Waals surface area contributed by atoms with Gasteiger partial charge in [0, 0.05) is 24.5 Å². The number of nitrogens with one attached hydrogen (secondary N) is 1. The van der Waals surface area contributed by atoms with Gasteiger partial charge in [-0.1, -0.05) is 6.92 Å². The second kappa shape index (κ2) is 6.06. The van der Waals surface area contributed by atoms with E-state index in [1.54, 1.807) is 6.33 Å². The Bertz CT molecular complexity index is 496. The number of hydrogen-bond donors (Lipinski definition) is 1. The Labute approximate surface area is 115 Å². The van der Waals surface area contributed by atoms with Crippen molar-refractivity contribution in [3.8, 4) is 0 Å². The molecule has 2 rings (SSSR count). The van der Waals surface area contributed by atoms with Gasteiger partial charge in [-0.3, -0.25) is 4.68 Å². The average Bonchev–Trinajstić information content (AvgIpc) is 2.78. The van der Waals surface area contributed by atoms with Gasteiger partial charge in [-0.25, -0.2) is 9.97 Å². The Kier molecular flexibility index (Phi) is 4.43. The Morgan fingerprint density at radius 1 is 1.28 bits per heavy atom. The predicted molar refractivity (Wildman–Crippen MR) is 73.2 cm³/mol. The van der Waals surface area contributed by atoms with Gasteiger partial charge in [0.25, 0.3) is 0 Å². The Morgan fingerprint density at radius 3 is 2.61 bits per heavy atom. The van der Waals surface area contributed by atoms with Gasteiger partial charge < -0.3 is 5.32 Å². The van der Waals surface area contributed by atoms with Gasteiger partial charge >= 0.3 is 0 Å². The molecule has 96 valence electrons. The van der Waals surface area contributed by atoms with Gasteiger partial charge in [0.1, 0.15) is 6.33 Å². The van der Waals surface area contributed by atoms with Crippen LogP contribution in [0, 0.1) is 0 Å². The topological polar surface area (TPSA) is 55.6 Å². The highest BCUT2D eigenvalue weighted by atomic mass is 79.9. The summed E-state index contributed by atoms with van der Waals surface area (Å²) in [4.78, 5) is 8.17. The summed E-state index contributed by atoms with van der Waals surface area (Å²) in [6.07, 6.45) is 7.03. The maximum Gasteiger partial charge on any atom is 0.115 e. The SMILES string of the molecule is CCNC(c1cncnc1)c1c(Br)cnn1CC. The second-order valence-corrected chi connectivity index (χ2v) is 4.71. The summed E-state index contributed by atoms with van der Waals surface area (Å²) in [5.74, 6) is 0. The van der Waals surface area contributed by atoms with Gasteiger partial charge in [-0.2, -0.15) is 5.10 Å². The summed E-state index contributed by atoms with van der Waals surface area (Å²) >= 11 is 3.56. The van der Waals surface area contributed by atoms with Crippen molar-refractivity contribution in [3.63, 3.8) is 0 Å². The van der Waals surface area contributed by atoms with E-state index in [9.17, 15) is 0 Å². The molecule has 0 aliphatic carbocycles. The lowest BCUT2D eigenvalue weighted by atomic mass is 10.1. The monoisotopic (exact) mass is 309 g/mol. The molecule has 5 nitrogen and oxygen atoms in total. The molecule has 0 aliphatic heterocycles. The minimum absolute atomic E-state index is 0.0491.